The van der Waals surface area contributed by atoms with E-state index >= 15 is 0 Å². The van der Waals surface area contributed by atoms with Gasteiger partial charge < -0.3 is 5.11 Å². The van der Waals surface area contributed by atoms with E-state index in [1.807, 2.05) is 0 Å². The van der Waals surface area contributed by atoms with Gasteiger partial charge in [0.05, 0.1) is 17.5 Å². The van der Waals surface area contributed by atoms with Crippen molar-refractivity contribution in [2.24, 2.45) is 0 Å². The van der Waals surface area contributed by atoms with Crippen LogP contribution in [0.4, 0.5) is 0 Å². The minimum absolute atomic E-state index is 0.0399. The molecule has 0 aliphatic rings. The smallest absolute Gasteiger partial charge is 0.337 e. The average Bonchev–Trinajstić information content (AvgIpc) is 2.14. The maximum Gasteiger partial charge on any atom is 0.337 e. The van der Waals surface area contributed by atoms with Gasteiger partial charge in [-0.15, -0.1) is 0 Å². The molecule has 1 aromatic heterocycles. The third kappa shape index (κ3) is 4.05. The number of carboxylic acid groups (broad SMARTS) is 1. The molecule has 0 amide bonds. The van der Waals surface area contributed by atoms with Crippen molar-refractivity contribution < 1.29 is 22.5 Å². The Morgan fingerprint density at radius 1 is 1.53 bits per heavy atom. The molecule has 0 aromatic carbocycles. The summed E-state index contributed by atoms with van der Waals surface area (Å²) in [4.78, 5) is 14.2. The minimum atomic E-state index is -3.51. The number of aromatic carboxylic acids is 1. The van der Waals surface area contributed by atoms with Crippen molar-refractivity contribution in [3.05, 3.63) is 29.6 Å². The van der Waals surface area contributed by atoms with E-state index in [1.54, 1.807) is 0 Å². The SMILES string of the molecule is CS(=O)(=O)OCc1ccc(C(=O)O)cn1. The van der Waals surface area contributed by atoms with E-state index < -0.39 is 16.1 Å². The Kier molecular flexibility index (Phi) is 3.38. The number of aromatic nitrogens is 1. The van der Waals surface area contributed by atoms with Gasteiger partial charge in [0, 0.05) is 6.20 Å². The van der Waals surface area contributed by atoms with E-state index in [9.17, 15) is 13.2 Å². The van der Waals surface area contributed by atoms with Crippen molar-refractivity contribution in [2.45, 2.75) is 6.61 Å². The van der Waals surface area contributed by atoms with Crippen molar-refractivity contribution in [1.29, 1.82) is 0 Å². The Morgan fingerprint density at radius 3 is 2.60 bits per heavy atom. The Hall–Kier alpha value is -1.47. The first kappa shape index (κ1) is 11.6. The highest BCUT2D eigenvalue weighted by Gasteiger charge is 2.05. The van der Waals surface area contributed by atoms with Gasteiger partial charge in [-0.3, -0.25) is 9.17 Å². The van der Waals surface area contributed by atoms with Crippen molar-refractivity contribution in [2.75, 3.05) is 6.26 Å². The van der Waals surface area contributed by atoms with Gasteiger partial charge in [0.25, 0.3) is 10.1 Å². The van der Waals surface area contributed by atoms with E-state index in [0.717, 1.165) is 12.5 Å². The summed E-state index contributed by atoms with van der Waals surface area (Å²) >= 11 is 0. The fourth-order valence-corrected chi connectivity index (χ4v) is 1.14. The van der Waals surface area contributed by atoms with Crippen molar-refractivity contribution >= 4 is 16.1 Å². The number of hydrogen-bond acceptors (Lipinski definition) is 5. The molecule has 1 N–H and O–H groups in total. The topological polar surface area (TPSA) is 93.6 Å². The van der Waals surface area contributed by atoms with Crippen LogP contribution in [0.2, 0.25) is 0 Å². The van der Waals surface area contributed by atoms with Crippen LogP contribution < -0.4 is 0 Å². The summed E-state index contributed by atoms with van der Waals surface area (Å²) in [5.41, 5.74) is 0.392. The lowest BCUT2D eigenvalue weighted by Gasteiger charge is -2.00. The zero-order valence-corrected chi connectivity index (χ0v) is 8.69. The molecular weight excluding hydrogens is 222 g/mol. The molecule has 1 rings (SSSR count). The second-order valence-corrected chi connectivity index (χ2v) is 4.45. The van der Waals surface area contributed by atoms with Gasteiger partial charge in [-0.05, 0) is 12.1 Å². The van der Waals surface area contributed by atoms with Crippen LogP contribution in [0.25, 0.3) is 0 Å². The van der Waals surface area contributed by atoms with Crippen LogP contribution in [0.1, 0.15) is 16.1 Å². The summed E-state index contributed by atoms with van der Waals surface area (Å²) in [7, 11) is -3.51. The van der Waals surface area contributed by atoms with Crippen molar-refractivity contribution in [3.8, 4) is 0 Å². The lowest BCUT2D eigenvalue weighted by atomic mass is 10.2. The molecule has 0 unspecified atom stereocenters. The van der Waals surface area contributed by atoms with Gasteiger partial charge in [-0.1, -0.05) is 0 Å². The van der Waals surface area contributed by atoms with Crippen LogP contribution in [-0.2, 0) is 20.9 Å². The number of carboxylic acids is 1. The van der Waals surface area contributed by atoms with Gasteiger partial charge in [0.15, 0.2) is 0 Å². The van der Waals surface area contributed by atoms with Crippen molar-refractivity contribution in [1.82, 2.24) is 4.98 Å². The van der Waals surface area contributed by atoms with Crippen LogP contribution in [-0.4, -0.2) is 30.7 Å². The van der Waals surface area contributed by atoms with E-state index in [1.165, 1.54) is 12.1 Å². The van der Waals surface area contributed by atoms with Crippen LogP contribution >= 0.6 is 0 Å². The monoisotopic (exact) mass is 231 g/mol. The molecule has 0 fully saturated rings. The number of pyridine rings is 1. The largest absolute Gasteiger partial charge is 0.478 e. The van der Waals surface area contributed by atoms with Crippen LogP contribution in [0.15, 0.2) is 18.3 Å². The third-order valence-corrected chi connectivity index (χ3v) is 2.04. The molecule has 15 heavy (non-hydrogen) atoms. The number of hydrogen-bond donors (Lipinski definition) is 1. The predicted molar refractivity (Wildman–Crippen MR) is 50.8 cm³/mol. The molecule has 1 heterocycles. The first-order valence-corrected chi connectivity index (χ1v) is 5.73. The molecular formula is C8H9NO5S. The summed E-state index contributed by atoms with van der Waals surface area (Å²) in [6.07, 6.45) is 2.07. The highest BCUT2D eigenvalue weighted by Crippen LogP contribution is 2.03. The van der Waals surface area contributed by atoms with Crippen LogP contribution in [0, 0.1) is 0 Å². The molecule has 0 saturated carbocycles. The van der Waals surface area contributed by atoms with E-state index in [0.29, 0.717) is 5.69 Å². The quantitative estimate of drug-likeness (QED) is 0.747. The normalized spacial score (nSPS) is 11.3. The molecule has 6 nitrogen and oxygen atoms in total. The summed E-state index contributed by atoms with van der Waals surface area (Å²) in [5.74, 6) is -1.09. The number of rotatable bonds is 4. The van der Waals surface area contributed by atoms with Gasteiger partial charge in [0.1, 0.15) is 6.61 Å². The Morgan fingerprint density at radius 2 is 2.20 bits per heavy atom. The highest BCUT2D eigenvalue weighted by molar-refractivity contribution is 7.85. The first-order valence-electron chi connectivity index (χ1n) is 3.91. The third-order valence-electron chi connectivity index (χ3n) is 1.49. The average molecular weight is 231 g/mol. The maximum atomic E-state index is 10.6. The zero-order valence-electron chi connectivity index (χ0n) is 7.87. The zero-order chi connectivity index (χ0) is 11.5. The molecule has 0 saturated heterocycles. The fraction of sp³-hybridized carbons (Fsp3) is 0.250. The minimum Gasteiger partial charge on any atom is -0.478 e. The van der Waals surface area contributed by atoms with Gasteiger partial charge >= 0.3 is 5.97 Å². The lowest BCUT2D eigenvalue weighted by Crippen LogP contribution is -2.05. The molecule has 0 aliphatic heterocycles. The van der Waals surface area contributed by atoms with Gasteiger partial charge in [-0.2, -0.15) is 8.42 Å². The van der Waals surface area contributed by atoms with E-state index in [2.05, 4.69) is 9.17 Å². The second kappa shape index (κ2) is 4.37. The second-order valence-electron chi connectivity index (χ2n) is 2.81. The molecule has 0 aliphatic carbocycles. The Labute approximate surface area is 86.6 Å². The van der Waals surface area contributed by atoms with E-state index in [4.69, 9.17) is 5.11 Å². The standard InChI is InChI=1S/C8H9NO5S/c1-15(12,13)14-5-7-3-2-6(4-9-7)8(10)11/h2-4H,5H2,1H3,(H,10,11). The lowest BCUT2D eigenvalue weighted by molar-refractivity contribution is 0.0696. The Balaban J connectivity index is 2.69. The summed E-state index contributed by atoms with van der Waals surface area (Å²) in [6, 6.07) is 2.73. The van der Waals surface area contributed by atoms with Crippen molar-refractivity contribution in [3.63, 3.8) is 0 Å². The molecule has 7 heteroatoms. The molecule has 1 aromatic rings. The number of carbonyl (C=O) groups is 1. The number of nitrogens with zero attached hydrogens (tertiary/aromatic N) is 1. The summed E-state index contributed by atoms with van der Waals surface area (Å²) < 4.78 is 25.7. The maximum absolute atomic E-state index is 10.6. The summed E-state index contributed by atoms with van der Waals surface area (Å²) in [5, 5.41) is 8.57. The molecule has 82 valence electrons. The Bertz CT molecular complexity index is 450. The predicted octanol–water partition coefficient (Wildman–Crippen LogP) is 0.256. The van der Waals surface area contributed by atoms with Crippen LogP contribution in [0.5, 0.6) is 0 Å². The van der Waals surface area contributed by atoms with Gasteiger partial charge in [0.2, 0.25) is 0 Å². The molecule has 0 spiro atoms. The first-order chi connectivity index (χ1) is 6.88. The van der Waals surface area contributed by atoms with Crippen LogP contribution in [0.3, 0.4) is 0 Å². The van der Waals surface area contributed by atoms with E-state index in [-0.39, 0.29) is 12.2 Å². The molecule has 0 atom stereocenters. The van der Waals surface area contributed by atoms with Gasteiger partial charge in [-0.25, -0.2) is 4.79 Å². The molecule has 0 bridgehead atoms. The molecule has 0 radical (unpaired) electrons. The highest BCUT2D eigenvalue weighted by atomic mass is 32.2. The fourth-order valence-electron chi connectivity index (χ4n) is 0.804. The summed E-state index contributed by atoms with van der Waals surface area (Å²) in [6.45, 7) is -0.196.